The Morgan fingerprint density at radius 2 is 1.96 bits per heavy atom. The van der Waals surface area contributed by atoms with Crippen molar-refractivity contribution < 1.29 is 9.53 Å². The Labute approximate surface area is 150 Å². The summed E-state index contributed by atoms with van der Waals surface area (Å²) in [5.74, 6) is 0.565. The number of halogens is 1. The average molecular weight is 387 g/mol. The first kappa shape index (κ1) is 16.8. The van der Waals surface area contributed by atoms with Crippen LogP contribution in [-0.4, -0.2) is 22.5 Å². The van der Waals surface area contributed by atoms with Crippen molar-refractivity contribution in [3.8, 4) is 11.4 Å². The highest BCUT2D eigenvalue weighted by atomic mass is 79.9. The van der Waals surface area contributed by atoms with E-state index < -0.39 is 5.41 Å². The Balaban J connectivity index is 1.85. The molecule has 0 unspecified atom stereocenters. The second kappa shape index (κ2) is 7.26. The summed E-state index contributed by atoms with van der Waals surface area (Å²) in [7, 11) is 0. The van der Waals surface area contributed by atoms with Crippen molar-refractivity contribution in [2.45, 2.75) is 26.2 Å². The van der Waals surface area contributed by atoms with E-state index in [0.717, 1.165) is 28.4 Å². The molecule has 2 aromatic rings. The second-order valence-electron chi connectivity index (χ2n) is 5.98. The minimum Gasteiger partial charge on any atom is -0.466 e. The van der Waals surface area contributed by atoms with Crippen LogP contribution in [0, 0.1) is 5.41 Å². The number of carbonyl (C=O) groups is 1. The highest BCUT2D eigenvalue weighted by molar-refractivity contribution is 9.10. The second-order valence-corrected chi connectivity index (χ2v) is 6.90. The third-order valence-electron chi connectivity index (χ3n) is 4.24. The van der Waals surface area contributed by atoms with Gasteiger partial charge in [-0.1, -0.05) is 30.4 Å². The number of rotatable bonds is 5. The Morgan fingerprint density at radius 3 is 2.62 bits per heavy atom. The summed E-state index contributed by atoms with van der Waals surface area (Å²) in [5.41, 5.74) is 1.57. The maximum absolute atomic E-state index is 12.5. The van der Waals surface area contributed by atoms with Gasteiger partial charge < -0.3 is 4.74 Å². The van der Waals surface area contributed by atoms with E-state index in [1.807, 2.05) is 25.1 Å². The quantitative estimate of drug-likeness (QED) is 0.566. The van der Waals surface area contributed by atoms with Gasteiger partial charge in [-0.05, 0) is 53.7 Å². The number of esters is 1. The lowest BCUT2D eigenvalue weighted by Crippen LogP contribution is -2.32. The van der Waals surface area contributed by atoms with E-state index in [4.69, 9.17) is 4.74 Å². The van der Waals surface area contributed by atoms with Crippen molar-refractivity contribution in [2.24, 2.45) is 5.41 Å². The summed E-state index contributed by atoms with van der Waals surface area (Å²) in [6, 6.07) is 8.07. The number of hydrogen-bond donors (Lipinski definition) is 0. The molecule has 0 atom stereocenters. The first-order chi connectivity index (χ1) is 11.6. The fraction of sp³-hybridized carbons (Fsp3) is 0.316. The van der Waals surface area contributed by atoms with Crippen molar-refractivity contribution in [3.05, 3.63) is 58.8 Å². The summed E-state index contributed by atoms with van der Waals surface area (Å²) in [4.78, 5) is 21.2. The van der Waals surface area contributed by atoms with Crippen LogP contribution < -0.4 is 0 Å². The van der Waals surface area contributed by atoms with Crippen LogP contribution in [-0.2, 0) is 16.0 Å². The maximum atomic E-state index is 12.5. The van der Waals surface area contributed by atoms with Gasteiger partial charge in [0, 0.05) is 18.0 Å². The van der Waals surface area contributed by atoms with Crippen LogP contribution in [0.2, 0.25) is 0 Å². The maximum Gasteiger partial charge on any atom is 0.313 e. The number of carbonyl (C=O) groups excluding carboxylic acids is 1. The van der Waals surface area contributed by atoms with Gasteiger partial charge in [0.1, 0.15) is 0 Å². The Kier molecular flexibility index (Phi) is 5.09. The van der Waals surface area contributed by atoms with Crippen LogP contribution in [0.25, 0.3) is 11.4 Å². The summed E-state index contributed by atoms with van der Waals surface area (Å²) < 4.78 is 6.17. The van der Waals surface area contributed by atoms with Gasteiger partial charge in [0.05, 0.1) is 16.5 Å². The molecular formula is C19H19BrN2O2. The van der Waals surface area contributed by atoms with Gasteiger partial charge in [-0.25, -0.2) is 9.97 Å². The summed E-state index contributed by atoms with van der Waals surface area (Å²) in [6.07, 6.45) is 9.71. The Bertz CT molecular complexity index is 748. The standard InChI is InChI=1S/C19H19BrN2O2/c1-2-24-18(23)19(8-3-4-9-19)11-14-6-5-7-15(10-14)17-21-12-16(20)13-22-17/h3-7,10,12-13H,2,8-9,11H2,1H3. The summed E-state index contributed by atoms with van der Waals surface area (Å²) in [5, 5.41) is 0. The molecular weight excluding hydrogens is 368 g/mol. The number of allylic oxidation sites excluding steroid dienone is 2. The molecule has 0 aliphatic heterocycles. The molecule has 4 nitrogen and oxygen atoms in total. The van der Waals surface area contributed by atoms with Crippen LogP contribution in [0.3, 0.4) is 0 Å². The molecule has 124 valence electrons. The van der Waals surface area contributed by atoms with Crippen molar-refractivity contribution in [1.29, 1.82) is 0 Å². The molecule has 0 saturated carbocycles. The molecule has 0 radical (unpaired) electrons. The van der Waals surface area contributed by atoms with Crippen LogP contribution >= 0.6 is 15.9 Å². The molecule has 0 amide bonds. The average Bonchev–Trinajstić information content (AvgIpc) is 3.06. The molecule has 0 saturated heterocycles. The number of ether oxygens (including phenoxy) is 1. The van der Waals surface area contributed by atoms with Crippen LogP contribution in [0.5, 0.6) is 0 Å². The molecule has 0 bridgehead atoms. The van der Waals surface area contributed by atoms with Gasteiger partial charge >= 0.3 is 5.97 Å². The summed E-state index contributed by atoms with van der Waals surface area (Å²) >= 11 is 3.35. The lowest BCUT2D eigenvalue weighted by Gasteiger charge is -2.26. The Hall–Kier alpha value is -2.01. The number of benzene rings is 1. The molecule has 1 aliphatic carbocycles. The molecule has 24 heavy (non-hydrogen) atoms. The van der Waals surface area contributed by atoms with Crippen molar-refractivity contribution >= 4 is 21.9 Å². The van der Waals surface area contributed by atoms with Gasteiger partial charge in [-0.2, -0.15) is 0 Å². The number of hydrogen-bond acceptors (Lipinski definition) is 4. The topological polar surface area (TPSA) is 52.1 Å². The van der Waals surface area contributed by atoms with Crippen LogP contribution in [0.4, 0.5) is 0 Å². The predicted molar refractivity (Wildman–Crippen MR) is 96.3 cm³/mol. The van der Waals surface area contributed by atoms with Gasteiger partial charge in [-0.15, -0.1) is 0 Å². The molecule has 5 heteroatoms. The van der Waals surface area contributed by atoms with E-state index in [1.165, 1.54) is 0 Å². The van der Waals surface area contributed by atoms with E-state index >= 15 is 0 Å². The molecule has 1 aromatic carbocycles. The minimum absolute atomic E-state index is 0.111. The molecule has 0 fully saturated rings. The fourth-order valence-electron chi connectivity index (χ4n) is 3.04. The van der Waals surface area contributed by atoms with Crippen molar-refractivity contribution in [3.63, 3.8) is 0 Å². The van der Waals surface area contributed by atoms with E-state index in [2.05, 4.69) is 44.1 Å². The molecule has 3 rings (SSSR count). The molecule has 1 aromatic heterocycles. The number of aromatic nitrogens is 2. The van der Waals surface area contributed by atoms with Gasteiger partial charge in [-0.3, -0.25) is 4.79 Å². The third-order valence-corrected chi connectivity index (χ3v) is 4.65. The monoisotopic (exact) mass is 386 g/mol. The largest absolute Gasteiger partial charge is 0.466 e. The normalized spacial score (nSPS) is 15.4. The van der Waals surface area contributed by atoms with Gasteiger partial charge in [0.25, 0.3) is 0 Å². The zero-order chi connectivity index (χ0) is 17.0. The van der Waals surface area contributed by atoms with Crippen LogP contribution in [0.1, 0.15) is 25.3 Å². The lowest BCUT2D eigenvalue weighted by molar-refractivity contribution is -0.154. The van der Waals surface area contributed by atoms with Crippen molar-refractivity contribution in [2.75, 3.05) is 6.61 Å². The zero-order valence-corrected chi connectivity index (χ0v) is 15.1. The molecule has 0 spiro atoms. The summed E-state index contributed by atoms with van der Waals surface area (Å²) in [6.45, 7) is 2.26. The fourth-order valence-corrected chi connectivity index (χ4v) is 3.25. The first-order valence-electron chi connectivity index (χ1n) is 8.02. The molecule has 0 N–H and O–H groups in total. The highest BCUT2D eigenvalue weighted by Crippen LogP contribution is 2.38. The van der Waals surface area contributed by atoms with E-state index in [-0.39, 0.29) is 5.97 Å². The zero-order valence-electron chi connectivity index (χ0n) is 13.5. The predicted octanol–water partition coefficient (Wildman–Crippen LogP) is 4.35. The van der Waals surface area contributed by atoms with Gasteiger partial charge in [0.2, 0.25) is 0 Å². The smallest absolute Gasteiger partial charge is 0.313 e. The first-order valence-corrected chi connectivity index (χ1v) is 8.81. The third kappa shape index (κ3) is 3.56. The number of nitrogens with zero attached hydrogens (tertiary/aromatic N) is 2. The van der Waals surface area contributed by atoms with Crippen molar-refractivity contribution in [1.82, 2.24) is 9.97 Å². The SMILES string of the molecule is CCOC(=O)C1(Cc2cccc(-c3ncc(Br)cn3)c2)CC=CC1. The van der Waals surface area contributed by atoms with E-state index in [9.17, 15) is 4.79 Å². The highest BCUT2D eigenvalue weighted by Gasteiger charge is 2.40. The molecule has 1 aliphatic rings. The minimum atomic E-state index is -0.477. The van der Waals surface area contributed by atoms with E-state index in [1.54, 1.807) is 12.4 Å². The Morgan fingerprint density at radius 1 is 1.25 bits per heavy atom. The molecule has 1 heterocycles. The van der Waals surface area contributed by atoms with Gasteiger partial charge in [0.15, 0.2) is 5.82 Å². The van der Waals surface area contributed by atoms with E-state index in [0.29, 0.717) is 18.9 Å². The van der Waals surface area contributed by atoms with Crippen LogP contribution in [0.15, 0.2) is 53.3 Å². The lowest BCUT2D eigenvalue weighted by atomic mass is 9.79.